The largest absolute Gasteiger partial charge is 0.285 e. The summed E-state index contributed by atoms with van der Waals surface area (Å²) in [5, 5.41) is 4.31. The van der Waals surface area contributed by atoms with E-state index >= 15 is 0 Å². The molecule has 2 aromatic heterocycles. The van der Waals surface area contributed by atoms with E-state index in [-0.39, 0.29) is 22.2 Å². The van der Waals surface area contributed by atoms with E-state index in [2.05, 4.69) is 10.1 Å². The summed E-state index contributed by atoms with van der Waals surface area (Å²) in [6, 6.07) is 2.52. The first-order valence-corrected chi connectivity index (χ1v) is 5.89. The monoisotopic (exact) mass is 267 g/mol. The molecule has 0 aromatic carbocycles. The Labute approximate surface area is 108 Å². The predicted octanol–water partition coefficient (Wildman–Crippen LogP) is 2.71. The molecular formula is C12H11ClFN3O. The summed E-state index contributed by atoms with van der Waals surface area (Å²) in [6.45, 7) is 2.56. The van der Waals surface area contributed by atoms with E-state index in [4.69, 9.17) is 11.6 Å². The van der Waals surface area contributed by atoms with Gasteiger partial charge in [0.1, 0.15) is 17.2 Å². The van der Waals surface area contributed by atoms with Crippen LogP contribution in [-0.4, -0.2) is 20.5 Å². The molecule has 0 bridgehead atoms. The molecule has 4 nitrogen and oxygen atoms in total. The number of carbonyl (C=O) groups excluding carboxylic acids is 1. The van der Waals surface area contributed by atoms with E-state index in [1.165, 1.54) is 23.0 Å². The molecule has 0 spiro atoms. The minimum absolute atomic E-state index is 0.149. The van der Waals surface area contributed by atoms with Crippen LogP contribution in [0, 0.1) is 5.82 Å². The van der Waals surface area contributed by atoms with Gasteiger partial charge in [0.05, 0.1) is 17.4 Å². The van der Waals surface area contributed by atoms with Crippen molar-refractivity contribution in [3.63, 3.8) is 0 Å². The van der Waals surface area contributed by atoms with Crippen LogP contribution >= 0.6 is 11.6 Å². The standard InChI is InChI=1S/C12H11ClFN3O/c1-2-5-17-11(9(13)7-16-17)12(18)10-4-3-8(14)6-15-10/h3-4,6-7H,2,5H2,1H3. The van der Waals surface area contributed by atoms with Gasteiger partial charge in [-0.2, -0.15) is 5.10 Å². The Kier molecular flexibility index (Phi) is 3.72. The van der Waals surface area contributed by atoms with Gasteiger partial charge in [0.15, 0.2) is 0 Å². The number of ketones is 1. The lowest BCUT2D eigenvalue weighted by Crippen LogP contribution is -2.13. The Bertz CT molecular complexity index is 565. The second kappa shape index (κ2) is 5.27. The molecule has 0 aliphatic rings. The number of hydrogen-bond donors (Lipinski definition) is 0. The molecule has 0 unspecified atom stereocenters. The third-order valence-electron chi connectivity index (χ3n) is 2.41. The number of halogens is 2. The van der Waals surface area contributed by atoms with Gasteiger partial charge in [-0.05, 0) is 18.6 Å². The first-order valence-electron chi connectivity index (χ1n) is 5.51. The minimum Gasteiger partial charge on any atom is -0.285 e. The fraction of sp³-hybridized carbons (Fsp3) is 0.250. The summed E-state index contributed by atoms with van der Waals surface area (Å²) in [4.78, 5) is 16.0. The predicted molar refractivity (Wildman–Crippen MR) is 65.2 cm³/mol. The summed E-state index contributed by atoms with van der Waals surface area (Å²) < 4.78 is 14.3. The van der Waals surface area contributed by atoms with Gasteiger partial charge >= 0.3 is 0 Å². The topological polar surface area (TPSA) is 47.8 Å². The first kappa shape index (κ1) is 12.7. The molecular weight excluding hydrogens is 257 g/mol. The van der Waals surface area contributed by atoms with Crippen molar-refractivity contribution in [2.75, 3.05) is 0 Å². The lowest BCUT2D eigenvalue weighted by atomic mass is 10.2. The lowest BCUT2D eigenvalue weighted by Gasteiger charge is -2.05. The highest BCUT2D eigenvalue weighted by molar-refractivity contribution is 6.34. The number of rotatable bonds is 4. The van der Waals surface area contributed by atoms with Crippen molar-refractivity contribution < 1.29 is 9.18 Å². The molecule has 0 aliphatic carbocycles. The van der Waals surface area contributed by atoms with Crippen LogP contribution in [0.3, 0.4) is 0 Å². The van der Waals surface area contributed by atoms with E-state index < -0.39 is 5.82 Å². The van der Waals surface area contributed by atoms with Gasteiger partial charge < -0.3 is 0 Å². The molecule has 0 fully saturated rings. The van der Waals surface area contributed by atoms with Crippen molar-refractivity contribution in [3.05, 3.63) is 46.8 Å². The Balaban J connectivity index is 2.39. The van der Waals surface area contributed by atoms with Crippen LogP contribution in [0.15, 0.2) is 24.5 Å². The third kappa shape index (κ3) is 2.41. The van der Waals surface area contributed by atoms with Crippen LogP contribution in [0.5, 0.6) is 0 Å². The lowest BCUT2D eigenvalue weighted by molar-refractivity contribution is 0.102. The molecule has 0 N–H and O–H groups in total. The van der Waals surface area contributed by atoms with Crippen LogP contribution in [-0.2, 0) is 6.54 Å². The molecule has 0 saturated heterocycles. The third-order valence-corrected chi connectivity index (χ3v) is 2.68. The zero-order valence-electron chi connectivity index (χ0n) is 9.73. The van der Waals surface area contributed by atoms with Crippen molar-refractivity contribution >= 4 is 17.4 Å². The molecule has 0 saturated carbocycles. The van der Waals surface area contributed by atoms with Gasteiger partial charge in [-0.25, -0.2) is 9.37 Å². The van der Waals surface area contributed by atoms with Crippen LogP contribution in [0.2, 0.25) is 5.02 Å². The van der Waals surface area contributed by atoms with Crippen LogP contribution in [0.4, 0.5) is 4.39 Å². The number of hydrogen-bond acceptors (Lipinski definition) is 3. The molecule has 6 heteroatoms. The minimum atomic E-state index is -0.486. The van der Waals surface area contributed by atoms with E-state index in [1.807, 2.05) is 6.92 Å². The molecule has 0 radical (unpaired) electrons. The summed E-state index contributed by atoms with van der Waals surface area (Å²) in [5.74, 6) is -0.842. The Hall–Kier alpha value is -1.75. The summed E-state index contributed by atoms with van der Waals surface area (Å²) >= 11 is 5.95. The molecule has 0 amide bonds. The van der Waals surface area contributed by atoms with Crippen molar-refractivity contribution in [1.82, 2.24) is 14.8 Å². The smallest absolute Gasteiger partial charge is 0.230 e. The molecule has 18 heavy (non-hydrogen) atoms. The fourth-order valence-electron chi connectivity index (χ4n) is 1.60. The van der Waals surface area contributed by atoms with Gasteiger partial charge in [0.2, 0.25) is 5.78 Å². The maximum absolute atomic E-state index is 12.8. The highest BCUT2D eigenvalue weighted by atomic mass is 35.5. The zero-order chi connectivity index (χ0) is 13.1. The van der Waals surface area contributed by atoms with Crippen molar-refractivity contribution in [3.8, 4) is 0 Å². The van der Waals surface area contributed by atoms with Gasteiger partial charge in [-0.3, -0.25) is 9.48 Å². The van der Waals surface area contributed by atoms with Gasteiger partial charge in [0.25, 0.3) is 0 Å². The van der Waals surface area contributed by atoms with E-state index in [1.54, 1.807) is 0 Å². The quantitative estimate of drug-likeness (QED) is 0.800. The Morgan fingerprint density at radius 3 is 2.83 bits per heavy atom. The van der Waals surface area contributed by atoms with Crippen molar-refractivity contribution in [1.29, 1.82) is 0 Å². The van der Waals surface area contributed by atoms with Crippen LogP contribution in [0.25, 0.3) is 0 Å². The second-order valence-electron chi connectivity index (χ2n) is 3.76. The maximum Gasteiger partial charge on any atom is 0.230 e. The fourth-order valence-corrected chi connectivity index (χ4v) is 1.83. The van der Waals surface area contributed by atoms with E-state index in [0.717, 1.165) is 12.6 Å². The number of pyridine rings is 1. The maximum atomic E-state index is 12.8. The summed E-state index contributed by atoms with van der Waals surface area (Å²) in [5.41, 5.74) is 0.439. The summed E-state index contributed by atoms with van der Waals surface area (Å²) in [7, 11) is 0. The van der Waals surface area contributed by atoms with E-state index in [0.29, 0.717) is 6.54 Å². The second-order valence-corrected chi connectivity index (χ2v) is 4.16. The Morgan fingerprint density at radius 1 is 1.44 bits per heavy atom. The SMILES string of the molecule is CCCn1ncc(Cl)c1C(=O)c1ccc(F)cn1. The highest BCUT2D eigenvalue weighted by Gasteiger charge is 2.19. The number of aromatic nitrogens is 3. The molecule has 94 valence electrons. The number of carbonyl (C=O) groups is 1. The normalized spacial score (nSPS) is 10.6. The molecule has 2 rings (SSSR count). The Morgan fingerprint density at radius 2 is 2.22 bits per heavy atom. The van der Waals surface area contributed by atoms with Gasteiger partial charge in [0, 0.05) is 6.54 Å². The average Bonchev–Trinajstić information content (AvgIpc) is 2.71. The number of nitrogens with zero attached hydrogens (tertiary/aromatic N) is 3. The van der Waals surface area contributed by atoms with Crippen LogP contribution in [0.1, 0.15) is 29.5 Å². The van der Waals surface area contributed by atoms with Crippen molar-refractivity contribution in [2.24, 2.45) is 0 Å². The number of aryl methyl sites for hydroxylation is 1. The van der Waals surface area contributed by atoms with Crippen LogP contribution < -0.4 is 0 Å². The highest BCUT2D eigenvalue weighted by Crippen LogP contribution is 2.18. The van der Waals surface area contributed by atoms with Gasteiger partial charge in [-0.1, -0.05) is 18.5 Å². The summed E-state index contributed by atoms with van der Waals surface area (Å²) in [6.07, 6.45) is 3.25. The molecule has 0 atom stereocenters. The molecule has 0 aliphatic heterocycles. The average molecular weight is 268 g/mol. The van der Waals surface area contributed by atoms with Crippen molar-refractivity contribution in [2.45, 2.75) is 19.9 Å². The van der Waals surface area contributed by atoms with E-state index in [9.17, 15) is 9.18 Å². The first-order chi connectivity index (χ1) is 8.63. The molecule has 2 heterocycles. The van der Waals surface area contributed by atoms with Gasteiger partial charge in [-0.15, -0.1) is 0 Å². The zero-order valence-corrected chi connectivity index (χ0v) is 10.5. The molecule has 2 aromatic rings.